The summed E-state index contributed by atoms with van der Waals surface area (Å²) in [5.74, 6) is 0. The Morgan fingerprint density at radius 2 is 1.57 bits per heavy atom. The number of hydrogen-bond acceptors (Lipinski definition) is 4. The molecule has 2 amide bonds. The fraction of sp³-hybridized carbons (Fsp3) is 0. The van der Waals surface area contributed by atoms with Gasteiger partial charge in [-0.1, -0.05) is 12.1 Å². The van der Waals surface area contributed by atoms with Gasteiger partial charge in [0.2, 0.25) is 0 Å². The minimum Gasteiger partial charge on any atom is -0.399 e. The first-order valence-electron chi connectivity index (χ1n) is 5.86. The number of nitrogen functional groups attached to an aromatic ring is 1. The minimum absolute atomic E-state index is 0.228. The molecule has 110 valence electrons. The third-order valence-electron chi connectivity index (χ3n) is 2.53. The van der Waals surface area contributed by atoms with Crippen molar-refractivity contribution in [3.63, 3.8) is 0 Å². The Hall–Kier alpha value is -2.58. The van der Waals surface area contributed by atoms with E-state index in [9.17, 15) is 13.2 Å². The van der Waals surface area contributed by atoms with E-state index in [2.05, 4.69) is 10.6 Å². The van der Waals surface area contributed by atoms with Crippen molar-refractivity contribution in [3.05, 3.63) is 48.5 Å². The molecule has 0 unspecified atom stereocenters. The van der Waals surface area contributed by atoms with Crippen LogP contribution in [-0.4, -0.2) is 19.0 Å². The molecule has 0 aliphatic rings. The number of amides is 2. The molecule has 0 saturated carbocycles. The molecule has 0 aliphatic carbocycles. The number of anilines is 3. The van der Waals surface area contributed by atoms with Gasteiger partial charge in [0.25, 0.3) is 10.1 Å². The van der Waals surface area contributed by atoms with Crippen molar-refractivity contribution in [2.75, 3.05) is 16.4 Å². The molecular weight excluding hydrogens is 294 g/mol. The molecule has 7 nitrogen and oxygen atoms in total. The monoisotopic (exact) mass is 307 g/mol. The summed E-state index contributed by atoms with van der Waals surface area (Å²) in [6.45, 7) is 0. The molecular formula is C13H13N3O4S. The Bertz CT molecular complexity index is 774. The third-order valence-corrected chi connectivity index (χ3v) is 3.38. The van der Waals surface area contributed by atoms with Crippen molar-refractivity contribution in [1.82, 2.24) is 0 Å². The molecule has 2 aromatic rings. The van der Waals surface area contributed by atoms with Gasteiger partial charge in [-0.2, -0.15) is 8.42 Å². The van der Waals surface area contributed by atoms with Crippen LogP contribution in [-0.2, 0) is 10.1 Å². The van der Waals surface area contributed by atoms with Crippen LogP contribution >= 0.6 is 0 Å². The van der Waals surface area contributed by atoms with Crippen molar-refractivity contribution >= 4 is 33.2 Å². The Morgan fingerprint density at radius 1 is 1.00 bits per heavy atom. The van der Waals surface area contributed by atoms with Gasteiger partial charge in [-0.3, -0.25) is 4.55 Å². The molecule has 0 atom stereocenters. The molecule has 0 aromatic heterocycles. The highest BCUT2D eigenvalue weighted by molar-refractivity contribution is 7.85. The maximum atomic E-state index is 11.8. The number of rotatable bonds is 3. The fourth-order valence-corrected chi connectivity index (χ4v) is 2.17. The highest BCUT2D eigenvalue weighted by Gasteiger charge is 2.10. The summed E-state index contributed by atoms with van der Waals surface area (Å²) in [4.78, 5) is 11.5. The van der Waals surface area contributed by atoms with E-state index >= 15 is 0 Å². The summed E-state index contributed by atoms with van der Waals surface area (Å²) in [5.41, 5.74) is 6.82. The maximum absolute atomic E-state index is 11.8. The minimum atomic E-state index is -4.31. The summed E-state index contributed by atoms with van der Waals surface area (Å²) in [7, 11) is -4.31. The number of carbonyl (C=O) groups excluding carboxylic acids is 1. The van der Waals surface area contributed by atoms with Crippen molar-refractivity contribution in [3.8, 4) is 0 Å². The lowest BCUT2D eigenvalue weighted by Gasteiger charge is -2.08. The van der Waals surface area contributed by atoms with Crippen LogP contribution in [0.1, 0.15) is 0 Å². The van der Waals surface area contributed by atoms with Crippen LogP contribution in [0.25, 0.3) is 0 Å². The zero-order chi connectivity index (χ0) is 15.5. The zero-order valence-electron chi connectivity index (χ0n) is 10.8. The number of nitrogens with two attached hydrogens (primary N) is 1. The lowest BCUT2D eigenvalue weighted by molar-refractivity contribution is 0.262. The van der Waals surface area contributed by atoms with Gasteiger partial charge in [-0.25, -0.2) is 4.79 Å². The number of nitrogens with one attached hydrogen (secondary N) is 2. The molecule has 8 heteroatoms. The molecule has 21 heavy (non-hydrogen) atoms. The summed E-state index contributed by atoms with van der Waals surface area (Å²) in [6.07, 6.45) is 0. The largest absolute Gasteiger partial charge is 0.399 e. The molecule has 0 aliphatic heterocycles. The molecule has 0 spiro atoms. The van der Waals surface area contributed by atoms with Gasteiger partial charge in [-0.15, -0.1) is 0 Å². The number of urea groups is 1. The summed E-state index contributed by atoms with van der Waals surface area (Å²) in [6, 6.07) is 11.3. The molecule has 0 heterocycles. The van der Waals surface area contributed by atoms with E-state index in [1.807, 2.05) is 0 Å². The summed E-state index contributed by atoms with van der Waals surface area (Å²) in [5, 5.41) is 5.00. The Morgan fingerprint density at radius 3 is 2.14 bits per heavy atom. The maximum Gasteiger partial charge on any atom is 0.323 e. The van der Waals surface area contributed by atoms with E-state index in [0.29, 0.717) is 11.4 Å². The normalized spacial score (nSPS) is 10.9. The van der Waals surface area contributed by atoms with Gasteiger partial charge < -0.3 is 16.4 Å². The second-order valence-electron chi connectivity index (χ2n) is 4.21. The van der Waals surface area contributed by atoms with Crippen LogP contribution in [0.2, 0.25) is 0 Å². The van der Waals surface area contributed by atoms with Crippen molar-refractivity contribution in [2.24, 2.45) is 0 Å². The molecule has 0 radical (unpaired) electrons. The molecule has 2 rings (SSSR count). The van der Waals surface area contributed by atoms with E-state index in [0.717, 1.165) is 6.07 Å². The Kier molecular flexibility index (Phi) is 4.10. The van der Waals surface area contributed by atoms with Crippen molar-refractivity contribution in [2.45, 2.75) is 4.90 Å². The van der Waals surface area contributed by atoms with Gasteiger partial charge in [0.05, 0.1) is 4.90 Å². The van der Waals surface area contributed by atoms with Crippen molar-refractivity contribution in [1.29, 1.82) is 0 Å². The van der Waals surface area contributed by atoms with E-state index in [1.165, 1.54) is 18.2 Å². The second-order valence-corrected chi connectivity index (χ2v) is 5.63. The van der Waals surface area contributed by atoms with E-state index in [-0.39, 0.29) is 10.6 Å². The van der Waals surface area contributed by atoms with Gasteiger partial charge >= 0.3 is 6.03 Å². The predicted molar refractivity (Wildman–Crippen MR) is 79.8 cm³/mol. The first-order chi connectivity index (χ1) is 9.84. The standard InChI is InChI=1S/C13H13N3O4S/c14-9-3-1-4-10(7-9)15-13(17)16-11-5-2-6-12(8-11)21(18,19)20/h1-8H,14H2,(H2,15,16,17)(H,18,19,20). The van der Waals surface area contributed by atoms with E-state index in [4.69, 9.17) is 10.3 Å². The van der Waals surface area contributed by atoms with Gasteiger partial charge in [0, 0.05) is 17.1 Å². The van der Waals surface area contributed by atoms with Crippen LogP contribution in [0.5, 0.6) is 0 Å². The SMILES string of the molecule is Nc1cccc(NC(=O)Nc2cccc(S(=O)(=O)O)c2)c1. The van der Waals surface area contributed by atoms with Gasteiger partial charge in [0.15, 0.2) is 0 Å². The summed E-state index contributed by atoms with van der Waals surface area (Å²) < 4.78 is 31.0. The molecule has 5 N–H and O–H groups in total. The fourth-order valence-electron chi connectivity index (χ4n) is 1.64. The van der Waals surface area contributed by atoms with Crippen LogP contribution in [0.15, 0.2) is 53.4 Å². The second kappa shape index (κ2) is 5.81. The Balaban J connectivity index is 2.10. The smallest absolute Gasteiger partial charge is 0.323 e. The van der Waals surface area contributed by atoms with Crippen LogP contribution in [0, 0.1) is 0 Å². The van der Waals surface area contributed by atoms with Gasteiger partial charge in [-0.05, 0) is 36.4 Å². The highest BCUT2D eigenvalue weighted by Crippen LogP contribution is 2.16. The highest BCUT2D eigenvalue weighted by atomic mass is 32.2. The average Bonchev–Trinajstić information content (AvgIpc) is 2.37. The van der Waals surface area contributed by atoms with Crippen LogP contribution in [0.4, 0.5) is 21.9 Å². The lowest BCUT2D eigenvalue weighted by Crippen LogP contribution is -2.19. The van der Waals surface area contributed by atoms with E-state index in [1.54, 1.807) is 24.3 Å². The molecule has 0 saturated heterocycles. The Labute approximate surface area is 121 Å². The molecule has 0 fully saturated rings. The average molecular weight is 307 g/mol. The summed E-state index contributed by atoms with van der Waals surface area (Å²) >= 11 is 0. The number of hydrogen-bond donors (Lipinski definition) is 4. The van der Waals surface area contributed by atoms with Gasteiger partial charge in [0.1, 0.15) is 0 Å². The first-order valence-corrected chi connectivity index (χ1v) is 7.30. The molecule has 2 aromatic carbocycles. The molecule has 0 bridgehead atoms. The zero-order valence-corrected chi connectivity index (χ0v) is 11.6. The van der Waals surface area contributed by atoms with Crippen LogP contribution in [0.3, 0.4) is 0 Å². The quantitative estimate of drug-likeness (QED) is 0.511. The predicted octanol–water partition coefficient (Wildman–Crippen LogP) is 2.16. The van der Waals surface area contributed by atoms with E-state index < -0.39 is 16.1 Å². The topological polar surface area (TPSA) is 122 Å². The lowest BCUT2D eigenvalue weighted by atomic mass is 10.3. The van der Waals surface area contributed by atoms with Crippen molar-refractivity contribution < 1.29 is 17.8 Å². The van der Waals surface area contributed by atoms with Crippen LogP contribution < -0.4 is 16.4 Å². The number of benzene rings is 2. The third kappa shape index (κ3) is 4.20. The first kappa shape index (κ1) is 14.8. The number of carbonyl (C=O) groups is 1.